The normalized spacial score (nSPS) is 12.4. The van der Waals surface area contributed by atoms with Crippen molar-refractivity contribution in [2.24, 2.45) is 11.5 Å². The van der Waals surface area contributed by atoms with Crippen molar-refractivity contribution in [3.8, 4) is 5.75 Å². The van der Waals surface area contributed by atoms with Gasteiger partial charge in [0.1, 0.15) is 11.6 Å². The Bertz CT molecular complexity index is 477. The van der Waals surface area contributed by atoms with Crippen LogP contribution in [-0.4, -0.2) is 34.9 Å². The van der Waals surface area contributed by atoms with Gasteiger partial charge in [-0.3, -0.25) is 14.5 Å². The highest BCUT2D eigenvalue weighted by atomic mass is 19.1. The summed E-state index contributed by atoms with van der Waals surface area (Å²) in [6, 6.07) is 3.00. The van der Waals surface area contributed by atoms with Crippen LogP contribution in [-0.2, 0) is 9.59 Å². The molecule has 0 aliphatic carbocycles. The maximum atomic E-state index is 12.9. The number of aromatic hydroxyl groups is 1. The third kappa shape index (κ3) is 4.22. The molecule has 104 valence electrons. The lowest BCUT2D eigenvalue weighted by Crippen LogP contribution is -2.41. The molecule has 0 aliphatic heterocycles. The van der Waals surface area contributed by atoms with Crippen LogP contribution in [0, 0.1) is 5.82 Å². The van der Waals surface area contributed by atoms with Crippen LogP contribution in [0.25, 0.3) is 0 Å². The van der Waals surface area contributed by atoms with Crippen LogP contribution in [0.15, 0.2) is 18.2 Å². The molecule has 0 bridgehead atoms. The number of hydrogen-bond acceptors (Lipinski definition) is 4. The summed E-state index contributed by atoms with van der Waals surface area (Å²) < 4.78 is 12.9. The van der Waals surface area contributed by atoms with E-state index in [0.717, 1.165) is 6.07 Å². The Labute approximate surface area is 109 Å². The number of hydrogen-bond donors (Lipinski definition) is 3. The number of primary amides is 2. The summed E-state index contributed by atoms with van der Waals surface area (Å²) in [4.78, 5) is 23.3. The van der Waals surface area contributed by atoms with Gasteiger partial charge in [0.05, 0.1) is 13.1 Å². The Morgan fingerprint density at radius 3 is 2.26 bits per heavy atom. The van der Waals surface area contributed by atoms with Gasteiger partial charge < -0.3 is 16.6 Å². The fraction of sp³-hybridized carbons (Fsp3) is 0.333. The second-order valence-corrected chi connectivity index (χ2v) is 4.22. The van der Waals surface area contributed by atoms with Crippen molar-refractivity contribution >= 4 is 11.8 Å². The van der Waals surface area contributed by atoms with Crippen LogP contribution in [0.3, 0.4) is 0 Å². The average Bonchev–Trinajstić information content (AvgIpc) is 2.26. The molecule has 1 aromatic carbocycles. The second kappa shape index (κ2) is 6.14. The molecule has 6 nitrogen and oxygen atoms in total. The molecule has 7 heteroatoms. The molecule has 1 aromatic rings. The fourth-order valence-electron chi connectivity index (χ4n) is 1.80. The first kappa shape index (κ1) is 14.9. The highest BCUT2D eigenvalue weighted by Gasteiger charge is 2.22. The molecule has 1 unspecified atom stereocenters. The summed E-state index contributed by atoms with van der Waals surface area (Å²) in [6.45, 7) is 1.26. The quantitative estimate of drug-likeness (QED) is 0.668. The van der Waals surface area contributed by atoms with Gasteiger partial charge in [-0.25, -0.2) is 4.39 Å². The highest BCUT2D eigenvalue weighted by molar-refractivity contribution is 5.79. The molecule has 19 heavy (non-hydrogen) atoms. The maximum absolute atomic E-state index is 12.9. The average molecular weight is 269 g/mol. The first-order chi connectivity index (χ1) is 8.81. The van der Waals surface area contributed by atoms with Gasteiger partial charge in [0, 0.05) is 17.7 Å². The zero-order valence-electron chi connectivity index (χ0n) is 10.5. The zero-order valence-corrected chi connectivity index (χ0v) is 10.5. The first-order valence-corrected chi connectivity index (χ1v) is 5.60. The lowest BCUT2D eigenvalue weighted by atomic mass is 10.1. The molecule has 2 amide bonds. The molecular formula is C12H16FN3O3. The standard InChI is InChI=1S/C12H16FN3O3/c1-7(9-3-2-8(13)4-10(9)17)16(5-11(14)18)6-12(15)19/h2-4,7,17H,5-6H2,1H3,(H2,14,18)(H2,15,19). The summed E-state index contributed by atoms with van der Waals surface area (Å²) in [7, 11) is 0. The summed E-state index contributed by atoms with van der Waals surface area (Å²) in [5.41, 5.74) is 10.6. The minimum Gasteiger partial charge on any atom is -0.508 e. The van der Waals surface area contributed by atoms with Crippen LogP contribution in [0.4, 0.5) is 4.39 Å². The number of amides is 2. The van der Waals surface area contributed by atoms with E-state index >= 15 is 0 Å². The molecule has 0 heterocycles. The molecule has 1 atom stereocenters. The number of phenols is 1. The maximum Gasteiger partial charge on any atom is 0.231 e. The number of phenolic OH excluding ortho intramolecular Hbond substituents is 1. The second-order valence-electron chi connectivity index (χ2n) is 4.22. The van der Waals surface area contributed by atoms with Crippen LogP contribution < -0.4 is 11.5 Å². The highest BCUT2D eigenvalue weighted by Crippen LogP contribution is 2.28. The molecule has 0 fully saturated rings. The minimum absolute atomic E-state index is 0.194. The van der Waals surface area contributed by atoms with E-state index in [2.05, 4.69) is 0 Å². The Kier molecular flexibility index (Phi) is 4.82. The summed E-state index contributed by atoms with van der Waals surface area (Å²) in [6.07, 6.45) is 0. The molecule has 0 radical (unpaired) electrons. The monoisotopic (exact) mass is 269 g/mol. The van der Waals surface area contributed by atoms with Crippen molar-refractivity contribution in [2.45, 2.75) is 13.0 Å². The summed E-state index contributed by atoms with van der Waals surface area (Å²) in [5, 5.41) is 9.68. The van der Waals surface area contributed by atoms with E-state index in [0.29, 0.717) is 5.56 Å². The van der Waals surface area contributed by atoms with Crippen molar-refractivity contribution in [3.63, 3.8) is 0 Å². The number of nitrogens with two attached hydrogens (primary N) is 2. The predicted molar refractivity (Wildman–Crippen MR) is 66.4 cm³/mol. The van der Waals surface area contributed by atoms with E-state index in [4.69, 9.17) is 11.5 Å². The van der Waals surface area contributed by atoms with Gasteiger partial charge in [-0.2, -0.15) is 0 Å². The minimum atomic E-state index is -0.630. The number of carbonyl (C=O) groups excluding carboxylic acids is 2. The SMILES string of the molecule is CC(c1ccc(F)cc1O)N(CC(N)=O)CC(N)=O. The third-order valence-electron chi connectivity index (χ3n) is 2.71. The van der Waals surface area contributed by atoms with Crippen LogP contribution >= 0.6 is 0 Å². The Morgan fingerprint density at radius 2 is 1.84 bits per heavy atom. The van der Waals surface area contributed by atoms with Gasteiger partial charge in [-0.05, 0) is 13.0 Å². The van der Waals surface area contributed by atoms with Gasteiger partial charge in [0.2, 0.25) is 11.8 Å². The molecule has 0 saturated carbocycles. The molecule has 0 spiro atoms. The largest absolute Gasteiger partial charge is 0.508 e. The van der Waals surface area contributed by atoms with Crippen molar-refractivity contribution in [3.05, 3.63) is 29.6 Å². The zero-order chi connectivity index (χ0) is 14.6. The van der Waals surface area contributed by atoms with Crippen molar-refractivity contribution in [1.82, 2.24) is 4.90 Å². The molecule has 0 aliphatic rings. The molecule has 0 aromatic heterocycles. The van der Waals surface area contributed by atoms with Crippen molar-refractivity contribution < 1.29 is 19.1 Å². The fourth-order valence-corrected chi connectivity index (χ4v) is 1.80. The van der Waals surface area contributed by atoms with Crippen LogP contribution in [0.2, 0.25) is 0 Å². The van der Waals surface area contributed by atoms with E-state index in [1.165, 1.54) is 17.0 Å². The lowest BCUT2D eigenvalue weighted by molar-refractivity contribution is -0.122. The van der Waals surface area contributed by atoms with E-state index in [-0.39, 0.29) is 18.8 Å². The number of carbonyl (C=O) groups is 2. The first-order valence-electron chi connectivity index (χ1n) is 5.60. The predicted octanol–water partition coefficient (Wildman–Crippen LogP) is -0.135. The Balaban J connectivity index is 3.00. The summed E-state index contributed by atoms with van der Waals surface area (Å²) >= 11 is 0. The van der Waals surface area contributed by atoms with Crippen LogP contribution in [0.5, 0.6) is 5.75 Å². The van der Waals surface area contributed by atoms with Gasteiger partial charge >= 0.3 is 0 Å². The topological polar surface area (TPSA) is 110 Å². The van der Waals surface area contributed by atoms with Crippen LogP contribution in [0.1, 0.15) is 18.5 Å². The number of halogens is 1. The molecule has 1 rings (SSSR count). The summed E-state index contributed by atoms with van der Waals surface area (Å²) in [5.74, 6) is -2.10. The van der Waals surface area contributed by atoms with Gasteiger partial charge in [-0.1, -0.05) is 6.07 Å². The van der Waals surface area contributed by atoms with Crippen molar-refractivity contribution in [2.75, 3.05) is 13.1 Å². The van der Waals surface area contributed by atoms with Gasteiger partial charge in [0.15, 0.2) is 0 Å². The number of nitrogens with zero attached hydrogens (tertiary/aromatic N) is 1. The molecular weight excluding hydrogens is 253 g/mol. The number of benzene rings is 1. The van der Waals surface area contributed by atoms with Gasteiger partial charge in [0.25, 0.3) is 0 Å². The smallest absolute Gasteiger partial charge is 0.231 e. The van der Waals surface area contributed by atoms with E-state index in [1.54, 1.807) is 6.92 Å². The Morgan fingerprint density at radius 1 is 1.32 bits per heavy atom. The van der Waals surface area contributed by atoms with E-state index < -0.39 is 23.7 Å². The lowest BCUT2D eigenvalue weighted by Gasteiger charge is -2.27. The molecule has 5 N–H and O–H groups in total. The van der Waals surface area contributed by atoms with E-state index in [1.807, 2.05) is 0 Å². The molecule has 0 saturated heterocycles. The van der Waals surface area contributed by atoms with E-state index in [9.17, 15) is 19.1 Å². The third-order valence-corrected chi connectivity index (χ3v) is 2.71. The Hall–Kier alpha value is -2.15. The number of rotatable bonds is 6. The van der Waals surface area contributed by atoms with Gasteiger partial charge in [-0.15, -0.1) is 0 Å². The van der Waals surface area contributed by atoms with Crippen molar-refractivity contribution in [1.29, 1.82) is 0 Å².